The molecular formula is C14H12ClFINS. The summed E-state index contributed by atoms with van der Waals surface area (Å²) in [7, 11) is 0. The van der Waals surface area contributed by atoms with E-state index in [1.54, 1.807) is 18.2 Å². The summed E-state index contributed by atoms with van der Waals surface area (Å²) in [6.45, 7) is 0. The van der Waals surface area contributed by atoms with E-state index in [0.29, 0.717) is 5.69 Å². The highest BCUT2D eigenvalue weighted by molar-refractivity contribution is 14.1. The second-order valence-corrected chi connectivity index (χ2v) is 8.06. The Hall–Kier alpha value is -0.330. The first-order valence-electron chi connectivity index (χ1n) is 6.14. The number of fused-ring (bicyclic) bond motifs is 1. The van der Waals surface area contributed by atoms with Crippen molar-refractivity contribution in [2.75, 3.05) is 5.32 Å². The Kier molecular flexibility index (Phi) is 4.01. The van der Waals surface area contributed by atoms with Crippen LogP contribution in [-0.4, -0.2) is 0 Å². The Morgan fingerprint density at radius 1 is 1.42 bits per heavy atom. The average molecular weight is 408 g/mol. The zero-order chi connectivity index (χ0) is 13.4. The first-order chi connectivity index (χ1) is 9.15. The molecule has 0 radical (unpaired) electrons. The van der Waals surface area contributed by atoms with Crippen LogP contribution in [0.15, 0.2) is 24.3 Å². The number of nitrogens with one attached hydrogen (secondary N) is 1. The zero-order valence-corrected chi connectivity index (χ0v) is 13.8. The second-order valence-electron chi connectivity index (χ2n) is 4.62. The highest BCUT2D eigenvalue weighted by Crippen LogP contribution is 2.38. The SMILES string of the molecule is Fc1c(Cl)cccc1NC1CCCc2sc(I)cc21. The van der Waals surface area contributed by atoms with Gasteiger partial charge >= 0.3 is 0 Å². The molecule has 0 saturated heterocycles. The largest absolute Gasteiger partial charge is 0.376 e. The van der Waals surface area contributed by atoms with Gasteiger partial charge in [0.05, 0.1) is 19.6 Å². The number of halogens is 3. The lowest BCUT2D eigenvalue weighted by Crippen LogP contribution is -2.16. The van der Waals surface area contributed by atoms with Crippen molar-refractivity contribution in [3.8, 4) is 0 Å². The molecule has 3 rings (SSSR count). The number of rotatable bonds is 2. The summed E-state index contributed by atoms with van der Waals surface area (Å²) < 4.78 is 15.2. The predicted octanol–water partition coefficient (Wildman–Crippen LogP) is 5.63. The molecule has 0 fully saturated rings. The maximum atomic E-state index is 13.9. The molecule has 100 valence electrons. The fourth-order valence-electron chi connectivity index (χ4n) is 2.47. The standard InChI is InChI=1S/C14H12ClFINS/c15-9-3-1-5-11(14(9)16)18-10-4-2-6-12-8(10)7-13(17)19-12/h1,3,5,7,10,18H,2,4,6H2. The molecule has 1 atom stereocenters. The first kappa shape index (κ1) is 13.6. The smallest absolute Gasteiger partial charge is 0.164 e. The van der Waals surface area contributed by atoms with Crippen LogP contribution in [0, 0.1) is 8.70 Å². The van der Waals surface area contributed by atoms with E-state index in [1.807, 2.05) is 11.3 Å². The summed E-state index contributed by atoms with van der Waals surface area (Å²) in [5.74, 6) is -0.360. The number of hydrogen-bond acceptors (Lipinski definition) is 2. The highest BCUT2D eigenvalue weighted by atomic mass is 127. The maximum absolute atomic E-state index is 13.9. The van der Waals surface area contributed by atoms with Gasteiger partial charge in [0.1, 0.15) is 0 Å². The van der Waals surface area contributed by atoms with Crippen molar-refractivity contribution in [2.24, 2.45) is 0 Å². The van der Waals surface area contributed by atoms with Gasteiger partial charge in [0, 0.05) is 4.88 Å². The van der Waals surface area contributed by atoms with E-state index in [4.69, 9.17) is 11.6 Å². The van der Waals surface area contributed by atoms with Gasteiger partial charge in [-0.2, -0.15) is 0 Å². The van der Waals surface area contributed by atoms with Crippen molar-refractivity contribution >= 4 is 51.2 Å². The molecule has 1 aliphatic carbocycles. The van der Waals surface area contributed by atoms with E-state index in [9.17, 15) is 4.39 Å². The molecule has 1 nitrogen and oxygen atoms in total. The van der Waals surface area contributed by atoms with E-state index in [2.05, 4.69) is 34.0 Å². The Morgan fingerprint density at radius 3 is 3.11 bits per heavy atom. The van der Waals surface area contributed by atoms with Gasteiger partial charge in [0.2, 0.25) is 0 Å². The van der Waals surface area contributed by atoms with E-state index in [0.717, 1.165) is 19.3 Å². The number of aryl methyl sites for hydroxylation is 1. The van der Waals surface area contributed by atoms with Crippen molar-refractivity contribution in [1.29, 1.82) is 0 Å². The minimum atomic E-state index is -0.360. The molecule has 0 aliphatic heterocycles. The van der Waals surface area contributed by atoms with Crippen molar-refractivity contribution in [2.45, 2.75) is 25.3 Å². The molecule has 1 N–H and O–H groups in total. The molecule has 5 heteroatoms. The Morgan fingerprint density at radius 2 is 2.26 bits per heavy atom. The third kappa shape index (κ3) is 2.76. The number of hydrogen-bond donors (Lipinski definition) is 1. The maximum Gasteiger partial charge on any atom is 0.164 e. The minimum Gasteiger partial charge on any atom is -0.376 e. The van der Waals surface area contributed by atoms with Crippen LogP contribution in [0.4, 0.5) is 10.1 Å². The van der Waals surface area contributed by atoms with Gasteiger partial charge in [-0.15, -0.1) is 11.3 Å². The predicted molar refractivity (Wildman–Crippen MR) is 87.7 cm³/mol. The summed E-state index contributed by atoms with van der Waals surface area (Å²) in [5, 5.41) is 3.47. The fourth-order valence-corrected chi connectivity index (χ4v) is 4.77. The third-order valence-electron chi connectivity index (χ3n) is 3.37. The lowest BCUT2D eigenvalue weighted by molar-refractivity contribution is 0.592. The van der Waals surface area contributed by atoms with Crippen LogP contribution in [0.2, 0.25) is 5.02 Å². The summed E-state index contributed by atoms with van der Waals surface area (Å²) in [6, 6.07) is 7.49. The highest BCUT2D eigenvalue weighted by Gasteiger charge is 2.23. The van der Waals surface area contributed by atoms with Crippen LogP contribution >= 0.6 is 45.5 Å². The topological polar surface area (TPSA) is 12.0 Å². The number of benzene rings is 1. The molecule has 1 unspecified atom stereocenters. The van der Waals surface area contributed by atoms with Gasteiger partial charge in [-0.05, 0) is 65.6 Å². The van der Waals surface area contributed by atoms with Crippen molar-refractivity contribution in [3.63, 3.8) is 0 Å². The van der Waals surface area contributed by atoms with Crippen LogP contribution in [-0.2, 0) is 6.42 Å². The van der Waals surface area contributed by atoms with E-state index in [-0.39, 0.29) is 16.9 Å². The van der Waals surface area contributed by atoms with Crippen molar-refractivity contribution < 1.29 is 4.39 Å². The molecule has 19 heavy (non-hydrogen) atoms. The Labute approximate surface area is 134 Å². The van der Waals surface area contributed by atoms with Crippen LogP contribution in [0.5, 0.6) is 0 Å². The Balaban J connectivity index is 1.90. The molecule has 1 aliphatic rings. The van der Waals surface area contributed by atoms with E-state index >= 15 is 0 Å². The van der Waals surface area contributed by atoms with Crippen LogP contribution in [0.25, 0.3) is 0 Å². The number of thiophene rings is 1. The second kappa shape index (κ2) is 5.58. The Bertz CT molecular complexity index is 613. The summed E-state index contributed by atoms with van der Waals surface area (Å²) >= 11 is 10.0. The molecule has 1 aromatic carbocycles. The quantitative estimate of drug-likeness (QED) is 0.636. The molecule has 1 aromatic heterocycles. The normalized spacial score (nSPS) is 18.2. The van der Waals surface area contributed by atoms with Crippen LogP contribution < -0.4 is 5.32 Å². The number of anilines is 1. The van der Waals surface area contributed by atoms with Gasteiger partial charge in [0.15, 0.2) is 5.82 Å². The monoisotopic (exact) mass is 407 g/mol. The summed E-state index contributed by atoms with van der Waals surface area (Å²) in [4.78, 5) is 1.43. The van der Waals surface area contributed by atoms with Gasteiger partial charge in [-0.3, -0.25) is 0 Å². The van der Waals surface area contributed by atoms with Gasteiger partial charge in [0.25, 0.3) is 0 Å². The fraction of sp³-hybridized carbons (Fsp3) is 0.286. The summed E-state index contributed by atoms with van der Waals surface area (Å²) in [6.07, 6.45) is 3.31. The summed E-state index contributed by atoms with van der Waals surface area (Å²) in [5.41, 5.74) is 1.81. The lowest BCUT2D eigenvalue weighted by Gasteiger charge is -2.25. The van der Waals surface area contributed by atoms with E-state index < -0.39 is 0 Å². The van der Waals surface area contributed by atoms with Gasteiger partial charge < -0.3 is 5.32 Å². The molecule has 1 heterocycles. The van der Waals surface area contributed by atoms with E-state index in [1.165, 1.54) is 13.3 Å². The lowest BCUT2D eigenvalue weighted by atomic mass is 9.94. The average Bonchev–Trinajstić information content (AvgIpc) is 2.76. The molecular weight excluding hydrogens is 396 g/mol. The van der Waals surface area contributed by atoms with Gasteiger partial charge in [-0.25, -0.2) is 4.39 Å². The van der Waals surface area contributed by atoms with Crippen LogP contribution in [0.3, 0.4) is 0 Å². The zero-order valence-electron chi connectivity index (χ0n) is 10.1. The molecule has 0 saturated carbocycles. The van der Waals surface area contributed by atoms with Crippen molar-refractivity contribution in [3.05, 3.63) is 48.4 Å². The minimum absolute atomic E-state index is 0.168. The molecule has 0 spiro atoms. The molecule has 0 bridgehead atoms. The third-order valence-corrected chi connectivity index (χ3v) is 5.63. The first-order valence-corrected chi connectivity index (χ1v) is 8.41. The molecule has 2 aromatic rings. The molecule has 0 amide bonds. The van der Waals surface area contributed by atoms with Gasteiger partial charge in [-0.1, -0.05) is 17.7 Å². The van der Waals surface area contributed by atoms with Crippen LogP contribution in [0.1, 0.15) is 29.3 Å². The van der Waals surface area contributed by atoms with Crippen molar-refractivity contribution in [1.82, 2.24) is 0 Å².